The number of hydrogen-bond acceptors (Lipinski definition) is 1. The highest BCUT2D eigenvalue weighted by Crippen LogP contribution is 2.37. The molecule has 0 spiro atoms. The monoisotopic (exact) mass is 195 g/mol. The number of hydrogen-bond donors (Lipinski definition) is 1. The van der Waals surface area contributed by atoms with Gasteiger partial charge >= 0.3 is 0 Å². The van der Waals surface area contributed by atoms with Gasteiger partial charge in [-0.2, -0.15) is 0 Å². The van der Waals surface area contributed by atoms with Gasteiger partial charge < -0.3 is 5.32 Å². The fourth-order valence-corrected chi connectivity index (χ4v) is 3.44. The van der Waals surface area contributed by atoms with Crippen LogP contribution in [0.1, 0.15) is 51.9 Å². The van der Waals surface area contributed by atoms with E-state index in [0.29, 0.717) is 0 Å². The first-order valence-corrected chi connectivity index (χ1v) is 6.61. The van der Waals surface area contributed by atoms with E-state index in [0.717, 1.165) is 17.8 Å². The second kappa shape index (κ2) is 5.16. The highest BCUT2D eigenvalue weighted by atomic mass is 14.9. The van der Waals surface area contributed by atoms with Gasteiger partial charge in [-0.25, -0.2) is 0 Å². The van der Waals surface area contributed by atoms with Crippen LogP contribution in [0.4, 0.5) is 0 Å². The zero-order chi connectivity index (χ0) is 9.80. The summed E-state index contributed by atoms with van der Waals surface area (Å²) in [5.41, 5.74) is 0. The quantitative estimate of drug-likeness (QED) is 0.729. The summed E-state index contributed by atoms with van der Waals surface area (Å²) in [4.78, 5) is 0. The molecule has 1 atom stereocenters. The third-order valence-corrected chi connectivity index (χ3v) is 4.35. The fourth-order valence-electron chi connectivity index (χ4n) is 3.44. The molecule has 1 aliphatic carbocycles. The Labute approximate surface area is 88.7 Å². The molecule has 0 aromatic carbocycles. The maximum atomic E-state index is 3.51. The molecule has 0 amide bonds. The van der Waals surface area contributed by atoms with Crippen molar-refractivity contribution in [3.63, 3.8) is 0 Å². The SMILES string of the molecule is CCCC1CCC(C2CCNC2)CC1. The van der Waals surface area contributed by atoms with Crippen molar-refractivity contribution >= 4 is 0 Å². The van der Waals surface area contributed by atoms with Crippen molar-refractivity contribution in [3.8, 4) is 0 Å². The molecule has 0 bridgehead atoms. The van der Waals surface area contributed by atoms with Crippen molar-refractivity contribution in [2.45, 2.75) is 51.9 Å². The van der Waals surface area contributed by atoms with Crippen LogP contribution in [0.25, 0.3) is 0 Å². The van der Waals surface area contributed by atoms with Crippen molar-refractivity contribution in [1.29, 1.82) is 0 Å². The lowest BCUT2D eigenvalue weighted by atomic mass is 9.74. The van der Waals surface area contributed by atoms with Crippen LogP contribution in [0.15, 0.2) is 0 Å². The van der Waals surface area contributed by atoms with Crippen LogP contribution >= 0.6 is 0 Å². The molecule has 1 nitrogen and oxygen atoms in total. The van der Waals surface area contributed by atoms with Crippen LogP contribution in [-0.2, 0) is 0 Å². The van der Waals surface area contributed by atoms with Crippen LogP contribution in [0.5, 0.6) is 0 Å². The number of nitrogens with one attached hydrogen (secondary N) is 1. The average Bonchev–Trinajstić information content (AvgIpc) is 2.72. The second-order valence-electron chi connectivity index (χ2n) is 5.32. The average molecular weight is 195 g/mol. The van der Waals surface area contributed by atoms with E-state index in [1.54, 1.807) is 0 Å². The van der Waals surface area contributed by atoms with E-state index >= 15 is 0 Å². The molecule has 1 saturated heterocycles. The summed E-state index contributed by atoms with van der Waals surface area (Å²) in [6.07, 6.45) is 10.4. The van der Waals surface area contributed by atoms with E-state index < -0.39 is 0 Å². The van der Waals surface area contributed by atoms with Crippen LogP contribution in [0, 0.1) is 17.8 Å². The van der Waals surface area contributed by atoms with E-state index in [4.69, 9.17) is 0 Å². The van der Waals surface area contributed by atoms with Gasteiger partial charge in [0.25, 0.3) is 0 Å². The Morgan fingerprint density at radius 3 is 2.36 bits per heavy atom. The molecule has 82 valence electrons. The van der Waals surface area contributed by atoms with Gasteiger partial charge in [0.2, 0.25) is 0 Å². The molecule has 2 rings (SSSR count). The zero-order valence-corrected chi connectivity index (χ0v) is 9.60. The molecule has 0 aromatic rings. The maximum absolute atomic E-state index is 3.51. The van der Waals surface area contributed by atoms with Crippen LogP contribution < -0.4 is 5.32 Å². The maximum Gasteiger partial charge on any atom is -0.00174 e. The molecule has 1 unspecified atom stereocenters. The summed E-state index contributed by atoms with van der Waals surface area (Å²) in [5, 5.41) is 3.51. The molecular formula is C13H25N. The Hall–Kier alpha value is -0.0400. The Morgan fingerprint density at radius 2 is 1.79 bits per heavy atom. The van der Waals surface area contributed by atoms with E-state index in [9.17, 15) is 0 Å². The van der Waals surface area contributed by atoms with Crippen molar-refractivity contribution in [2.24, 2.45) is 17.8 Å². The van der Waals surface area contributed by atoms with Gasteiger partial charge in [0.15, 0.2) is 0 Å². The third kappa shape index (κ3) is 2.50. The lowest BCUT2D eigenvalue weighted by Crippen LogP contribution is -2.23. The molecule has 1 aliphatic heterocycles. The van der Waals surface area contributed by atoms with Crippen LogP contribution in [-0.4, -0.2) is 13.1 Å². The Morgan fingerprint density at radius 1 is 1.00 bits per heavy atom. The molecule has 1 saturated carbocycles. The lowest BCUT2D eigenvalue weighted by molar-refractivity contribution is 0.206. The smallest absolute Gasteiger partial charge is 0.00174 e. The predicted molar refractivity (Wildman–Crippen MR) is 61.3 cm³/mol. The van der Waals surface area contributed by atoms with Gasteiger partial charge in [0, 0.05) is 0 Å². The van der Waals surface area contributed by atoms with Crippen molar-refractivity contribution in [3.05, 3.63) is 0 Å². The van der Waals surface area contributed by atoms with Gasteiger partial charge in [0.05, 0.1) is 0 Å². The highest BCUT2D eigenvalue weighted by Gasteiger charge is 2.28. The summed E-state index contributed by atoms with van der Waals surface area (Å²) in [5.74, 6) is 3.17. The summed E-state index contributed by atoms with van der Waals surface area (Å²) in [7, 11) is 0. The van der Waals surface area contributed by atoms with Gasteiger partial charge in [-0.15, -0.1) is 0 Å². The van der Waals surface area contributed by atoms with Crippen molar-refractivity contribution in [1.82, 2.24) is 5.32 Å². The van der Waals surface area contributed by atoms with E-state index in [1.165, 1.54) is 58.0 Å². The van der Waals surface area contributed by atoms with Gasteiger partial charge in [-0.1, -0.05) is 32.6 Å². The molecule has 0 radical (unpaired) electrons. The van der Waals surface area contributed by atoms with Gasteiger partial charge in [0.1, 0.15) is 0 Å². The minimum atomic E-state index is 1.03. The summed E-state index contributed by atoms with van der Waals surface area (Å²) in [6.45, 7) is 4.91. The van der Waals surface area contributed by atoms with Crippen molar-refractivity contribution < 1.29 is 0 Å². The molecule has 1 heterocycles. The minimum Gasteiger partial charge on any atom is -0.316 e. The Kier molecular flexibility index (Phi) is 3.86. The fraction of sp³-hybridized carbons (Fsp3) is 1.00. The molecule has 14 heavy (non-hydrogen) atoms. The zero-order valence-electron chi connectivity index (χ0n) is 9.60. The van der Waals surface area contributed by atoms with Crippen LogP contribution in [0.2, 0.25) is 0 Å². The molecule has 1 heteroatoms. The topological polar surface area (TPSA) is 12.0 Å². The first-order valence-electron chi connectivity index (χ1n) is 6.61. The second-order valence-corrected chi connectivity index (χ2v) is 5.32. The Bertz CT molecular complexity index is 153. The largest absolute Gasteiger partial charge is 0.316 e. The molecule has 0 aromatic heterocycles. The summed E-state index contributed by atoms with van der Waals surface area (Å²) in [6, 6.07) is 0. The standard InChI is InChI=1S/C13H25N/c1-2-3-11-4-6-12(7-5-11)13-8-9-14-10-13/h11-14H,2-10H2,1H3. The highest BCUT2D eigenvalue weighted by molar-refractivity contribution is 4.82. The molecule has 2 aliphatic rings. The Balaban J connectivity index is 1.72. The molecule has 1 N–H and O–H groups in total. The summed E-state index contributed by atoms with van der Waals surface area (Å²) < 4.78 is 0. The molecule has 2 fully saturated rings. The van der Waals surface area contributed by atoms with E-state index in [1.807, 2.05) is 0 Å². The van der Waals surface area contributed by atoms with Crippen molar-refractivity contribution in [2.75, 3.05) is 13.1 Å². The molecular weight excluding hydrogens is 170 g/mol. The van der Waals surface area contributed by atoms with Gasteiger partial charge in [-0.3, -0.25) is 0 Å². The van der Waals surface area contributed by atoms with E-state index in [2.05, 4.69) is 12.2 Å². The predicted octanol–water partition coefficient (Wildman–Crippen LogP) is 3.20. The normalized spacial score (nSPS) is 38.8. The number of rotatable bonds is 3. The first kappa shape index (κ1) is 10.5. The third-order valence-electron chi connectivity index (χ3n) is 4.35. The van der Waals surface area contributed by atoms with E-state index in [-0.39, 0.29) is 0 Å². The lowest BCUT2D eigenvalue weighted by Gasteiger charge is -2.31. The van der Waals surface area contributed by atoms with Crippen LogP contribution in [0.3, 0.4) is 0 Å². The van der Waals surface area contributed by atoms with Gasteiger partial charge in [-0.05, 0) is 50.1 Å². The summed E-state index contributed by atoms with van der Waals surface area (Å²) >= 11 is 0. The minimum absolute atomic E-state index is 1.03. The first-order chi connectivity index (χ1) is 6.90.